The summed E-state index contributed by atoms with van der Waals surface area (Å²) in [5.41, 5.74) is 3.61. The molecule has 3 aliphatic heterocycles. The van der Waals surface area contributed by atoms with Crippen molar-refractivity contribution in [2.75, 3.05) is 50.0 Å². The highest BCUT2D eigenvalue weighted by atomic mass is 32.2. The first kappa shape index (κ1) is 27.9. The molecule has 3 atom stereocenters. The second-order valence-electron chi connectivity index (χ2n) is 11.3. The van der Waals surface area contributed by atoms with E-state index in [1.807, 2.05) is 35.4 Å². The number of nitrogens with zero attached hydrogens (tertiary/aromatic N) is 5. The number of benzene rings is 2. The molecule has 3 aliphatic rings. The molecular weight excluding hydrogens is 541 g/mol. The quantitative estimate of drug-likeness (QED) is 0.436. The standard InChI is InChI=1S/C31H36FN5O3S/c1-5-26(38)37-20(3)15-35(16-21(37)4)30-25-14-19(2)27(22-6-8-23(32)9-7-22)29-28(25)36(31(39)33-30)17-24(18-41-29)34-10-12-40-13-11-34/h5-9,14,20-21,24H,1,10-13,15-18H2,2-4H3/t20-,21+,24-/m1/s1. The van der Waals surface area contributed by atoms with Crippen LogP contribution in [-0.2, 0) is 16.1 Å². The van der Waals surface area contributed by atoms with Crippen LogP contribution in [0, 0.1) is 12.7 Å². The monoisotopic (exact) mass is 577 g/mol. The van der Waals surface area contributed by atoms with Crippen molar-refractivity contribution in [1.29, 1.82) is 0 Å². The maximum atomic E-state index is 13.9. The minimum absolute atomic E-state index is 0.0710. The molecule has 0 aliphatic carbocycles. The molecule has 0 unspecified atom stereocenters. The minimum atomic E-state index is -0.279. The first-order chi connectivity index (χ1) is 19.8. The van der Waals surface area contributed by atoms with Gasteiger partial charge in [-0.15, -0.1) is 11.8 Å². The Labute approximate surface area is 243 Å². The molecule has 8 nitrogen and oxygen atoms in total. The number of amides is 1. The number of aromatic nitrogens is 2. The molecule has 0 radical (unpaired) electrons. The van der Waals surface area contributed by atoms with E-state index in [1.165, 1.54) is 18.2 Å². The molecule has 0 spiro atoms. The van der Waals surface area contributed by atoms with Gasteiger partial charge in [0.1, 0.15) is 11.6 Å². The van der Waals surface area contributed by atoms with Crippen LogP contribution in [0.2, 0.25) is 0 Å². The van der Waals surface area contributed by atoms with Crippen LogP contribution in [0.15, 0.2) is 52.7 Å². The zero-order valence-electron chi connectivity index (χ0n) is 23.8. The number of hydrogen-bond donors (Lipinski definition) is 0. The Balaban J connectivity index is 1.52. The van der Waals surface area contributed by atoms with Crippen LogP contribution in [0.25, 0.3) is 22.0 Å². The van der Waals surface area contributed by atoms with Gasteiger partial charge in [-0.1, -0.05) is 18.7 Å². The van der Waals surface area contributed by atoms with Gasteiger partial charge in [-0.25, -0.2) is 9.18 Å². The van der Waals surface area contributed by atoms with Crippen molar-refractivity contribution in [3.8, 4) is 11.1 Å². The second kappa shape index (κ2) is 11.2. The molecule has 0 N–H and O–H groups in total. The van der Waals surface area contributed by atoms with Crippen LogP contribution >= 0.6 is 11.8 Å². The average Bonchev–Trinajstić information content (AvgIpc) is 3.17. The van der Waals surface area contributed by atoms with E-state index in [1.54, 1.807) is 11.8 Å². The Morgan fingerprint density at radius 1 is 1.12 bits per heavy atom. The molecule has 0 saturated carbocycles. The first-order valence-electron chi connectivity index (χ1n) is 14.2. The summed E-state index contributed by atoms with van der Waals surface area (Å²) in [7, 11) is 0. The van der Waals surface area contributed by atoms with Crippen LogP contribution in [0.5, 0.6) is 0 Å². The van der Waals surface area contributed by atoms with E-state index in [0.717, 1.165) is 51.3 Å². The summed E-state index contributed by atoms with van der Waals surface area (Å²) in [5.74, 6) is 1.11. The van der Waals surface area contributed by atoms with Crippen molar-refractivity contribution in [3.05, 3.63) is 64.9 Å². The summed E-state index contributed by atoms with van der Waals surface area (Å²) in [6.45, 7) is 14.5. The number of piperazine rings is 1. The maximum absolute atomic E-state index is 13.9. The lowest BCUT2D eigenvalue weighted by Gasteiger charge is -2.44. The molecular formula is C31H36FN5O3S. The van der Waals surface area contributed by atoms with Gasteiger partial charge < -0.3 is 14.5 Å². The van der Waals surface area contributed by atoms with Gasteiger partial charge in [-0.3, -0.25) is 14.3 Å². The molecule has 10 heteroatoms. The van der Waals surface area contributed by atoms with Crippen molar-refractivity contribution in [2.45, 2.75) is 50.3 Å². The molecule has 3 aromatic rings. The van der Waals surface area contributed by atoms with Crippen molar-refractivity contribution < 1.29 is 13.9 Å². The average molecular weight is 578 g/mol. The molecule has 0 bridgehead atoms. The van der Waals surface area contributed by atoms with Crippen molar-refractivity contribution in [3.63, 3.8) is 0 Å². The van der Waals surface area contributed by atoms with Gasteiger partial charge >= 0.3 is 5.69 Å². The smallest absolute Gasteiger partial charge is 0.350 e. The molecule has 2 saturated heterocycles. The number of carbonyl (C=O) groups is 1. The third-order valence-electron chi connectivity index (χ3n) is 8.55. The number of thioether (sulfide) groups is 1. The summed E-state index contributed by atoms with van der Waals surface area (Å²) in [6.07, 6.45) is 1.36. The maximum Gasteiger partial charge on any atom is 0.350 e. The second-order valence-corrected chi connectivity index (χ2v) is 12.3. The normalized spacial score (nSPS) is 23.5. The molecule has 6 rings (SSSR count). The number of ether oxygens (including phenoxy) is 1. The molecule has 1 aromatic heterocycles. The summed E-state index contributed by atoms with van der Waals surface area (Å²) >= 11 is 1.77. The molecule has 2 aromatic carbocycles. The molecule has 2 fully saturated rings. The van der Waals surface area contributed by atoms with Crippen LogP contribution < -0.4 is 10.6 Å². The Morgan fingerprint density at radius 3 is 2.46 bits per heavy atom. The van der Waals surface area contributed by atoms with Gasteiger partial charge in [0.05, 0.1) is 18.7 Å². The fourth-order valence-electron chi connectivity index (χ4n) is 6.69. The minimum Gasteiger partial charge on any atom is -0.379 e. The Bertz CT molecular complexity index is 1540. The van der Waals surface area contributed by atoms with Crippen LogP contribution in [0.4, 0.5) is 10.2 Å². The third kappa shape index (κ3) is 5.06. The summed E-state index contributed by atoms with van der Waals surface area (Å²) in [6, 6.07) is 8.74. The Hall–Kier alpha value is -3.21. The van der Waals surface area contributed by atoms with Gasteiger partial charge in [-0.05, 0) is 56.2 Å². The van der Waals surface area contributed by atoms with Crippen LogP contribution in [0.3, 0.4) is 0 Å². The number of morpholine rings is 1. The SMILES string of the molecule is C=CC(=O)N1[C@H](C)CN(c2nc(=O)n3c4c(c(-c5ccc(F)cc5)c(C)cc24)SC[C@H](N2CCOCC2)C3)C[C@@H]1C. The Morgan fingerprint density at radius 2 is 1.80 bits per heavy atom. The fourth-order valence-corrected chi connectivity index (χ4v) is 8.15. The van der Waals surface area contributed by atoms with E-state index in [2.05, 4.69) is 29.4 Å². The molecule has 41 heavy (non-hydrogen) atoms. The number of aryl methyl sites for hydroxylation is 1. The fraction of sp³-hybridized carbons (Fsp3) is 0.452. The highest BCUT2D eigenvalue weighted by Gasteiger charge is 2.35. The van der Waals surface area contributed by atoms with E-state index in [0.29, 0.717) is 38.7 Å². The van der Waals surface area contributed by atoms with Crippen LogP contribution in [-0.4, -0.2) is 88.5 Å². The number of halogens is 1. The molecule has 216 valence electrons. The van der Waals surface area contributed by atoms with Gasteiger partial charge in [0.2, 0.25) is 5.91 Å². The van der Waals surface area contributed by atoms with Gasteiger partial charge in [0, 0.05) is 72.4 Å². The van der Waals surface area contributed by atoms with E-state index in [9.17, 15) is 14.0 Å². The number of rotatable bonds is 4. The topological polar surface area (TPSA) is 70.9 Å². The van der Waals surface area contributed by atoms with Crippen molar-refractivity contribution >= 4 is 34.4 Å². The number of hydrogen-bond acceptors (Lipinski definition) is 7. The lowest BCUT2D eigenvalue weighted by Crippen LogP contribution is -2.58. The summed E-state index contributed by atoms with van der Waals surface area (Å²) in [4.78, 5) is 38.6. The van der Waals surface area contributed by atoms with Crippen molar-refractivity contribution in [1.82, 2.24) is 19.4 Å². The highest BCUT2D eigenvalue weighted by molar-refractivity contribution is 7.99. The summed E-state index contributed by atoms with van der Waals surface area (Å²) < 4.78 is 21.4. The lowest BCUT2D eigenvalue weighted by atomic mass is 9.97. The Kier molecular flexibility index (Phi) is 7.65. The first-order valence-corrected chi connectivity index (χ1v) is 15.2. The van der Waals surface area contributed by atoms with Crippen LogP contribution in [0.1, 0.15) is 19.4 Å². The number of anilines is 1. The molecule has 4 heterocycles. The van der Waals surface area contributed by atoms with Gasteiger partial charge in [0.25, 0.3) is 0 Å². The zero-order chi connectivity index (χ0) is 28.8. The highest BCUT2D eigenvalue weighted by Crippen LogP contribution is 2.44. The van der Waals surface area contributed by atoms with E-state index >= 15 is 0 Å². The van der Waals surface area contributed by atoms with Crippen molar-refractivity contribution in [2.24, 2.45) is 0 Å². The predicted molar refractivity (Wildman–Crippen MR) is 161 cm³/mol. The lowest BCUT2D eigenvalue weighted by molar-refractivity contribution is -0.130. The zero-order valence-corrected chi connectivity index (χ0v) is 24.6. The van der Waals surface area contributed by atoms with Gasteiger partial charge in [-0.2, -0.15) is 4.98 Å². The van der Waals surface area contributed by atoms with E-state index < -0.39 is 0 Å². The largest absolute Gasteiger partial charge is 0.379 e. The summed E-state index contributed by atoms with van der Waals surface area (Å²) in [5, 5.41) is 0.931. The van der Waals surface area contributed by atoms with E-state index in [4.69, 9.17) is 9.72 Å². The third-order valence-corrected chi connectivity index (χ3v) is 9.79. The van der Waals surface area contributed by atoms with Gasteiger partial charge in [0.15, 0.2) is 0 Å². The number of carbonyl (C=O) groups excluding carboxylic acids is 1. The predicted octanol–water partition coefficient (Wildman–Crippen LogP) is 3.93. The van der Waals surface area contributed by atoms with E-state index in [-0.39, 0.29) is 35.5 Å². The molecule has 1 amide bonds.